The zero-order valence-corrected chi connectivity index (χ0v) is 10.4. The number of aromatic amines is 1. The average Bonchev–Trinajstić information content (AvgIpc) is 2.96. The van der Waals surface area contributed by atoms with Gasteiger partial charge in [0.2, 0.25) is 0 Å². The van der Waals surface area contributed by atoms with Gasteiger partial charge in [0.05, 0.1) is 5.56 Å². The number of aromatic nitrogens is 3. The van der Waals surface area contributed by atoms with Gasteiger partial charge in [-0.15, -0.1) is 0 Å². The molecule has 0 radical (unpaired) electrons. The van der Waals surface area contributed by atoms with Gasteiger partial charge in [-0.05, 0) is 18.6 Å². The van der Waals surface area contributed by atoms with Gasteiger partial charge in [-0.2, -0.15) is 0 Å². The van der Waals surface area contributed by atoms with Gasteiger partial charge >= 0.3 is 0 Å². The number of pyridine rings is 1. The number of hydrogen-bond donors (Lipinski definition) is 4. The van der Waals surface area contributed by atoms with Gasteiger partial charge in [-0.3, -0.25) is 4.79 Å². The number of nitrogens with zero attached hydrogens (tertiary/aromatic N) is 2. The molecule has 2 rings (SSSR count). The number of amides is 1. The van der Waals surface area contributed by atoms with Crippen molar-refractivity contribution in [1.82, 2.24) is 20.3 Å². The van der Waals surface area contributed by atoms with Gasteiger partial charge < -0.3 is 15.7 Å². The highest BCUT2D eigenvalue weighted by molar-refractivity contribution is 5.93. The van der Waals surface area contributed by atoms with Crippen LogP contribution in [-0.4, -0.2) is 27.4 Å². The third-order valence-corrected chi connectivity index (χ3v) is 2.60. The topological polar surface area (TPSA) is 109 Å². The van der Waals surface area contributed by atoms with Crippen LogP contribution in [0.3, 0.4) is 0 Å². The van der Waals surface area contributed by atoms with E-state index in [0.717, 1.165) is 18.7 Å². The number of rotatable bonds is 6. The van der Waals surface area contributed by atoms with Crippen molar-refractivity contribution in [3.8, 4) is 0 Å². The summed E-state index contributed by atoms with van der Waals surface area (Å²) in [5, 5.41) is 2.83. The quantitative estimate of drug-likeness (QED) is 0.342. The van der Waals surface area contributed by atoms with E-state index in [-0.39, 0.29) is 5.91 Å². The number of aryl methyl sites for hydroxylation is 1. The normalized spacial score (nSPS) is 10.2. The zero-order chi connectivity index (χ0) is 13.5. The number of carbonyl (C=O) groups is 1. The van der Waals surface area contributed by atoms with Crippen LogP contribution in [0.4, 0.5) is 5.82 Å². The molecule has 0 bridgehead atoms. The Morgan fingerprint density at radius 2 is 2.26 bits per heavy atom. The molecule has 0 saturated carbocycles. The van der Waals surface area contributed by atoms with Crippen LogP contribution in [0.1, 0.15) is 22.6 Å². The summed E-state index contributed by atoms with van der Waals surface area (Å²) in [5.74, 6) is 6.50. The number of carbonyl (C=O) groups excluding carboxylic acids is 1. The lowest BCUT2D eigenvalue weighted by molar-refractivity contribution is 0.0953. The van der Waals surface area contributed by atoms with Gasteiger partial charge in [-0.1, -0.05) is 0 Å². The highest BCUT2D eigenvalue weighted by atomic mass is 16.1. The van der Waals surface area contributed by atoms with Gasteiger partial charge in [-0.25, -0.2) is 15.8 Å². The SMILES string of the molecule is NNc1ccc(C(=O)NCCCc2ncc[nH]2)cn1. The molecule has 5 N–H and O–H groups in total. The minimum absolute atomic E-state index is 0.143. The lowest BCUT2D eigenvalue weighted by atomic mass is 10.2. The van der Waals surface area contributed by atoms with Crippen molar-refractivity contribution in [3.63, 3.8) is 0 Å². The third kappa shape index (κ3) is 3.78. The number of anilines is 1. The lowest BCUT2D eigenvalue weighted by Gasteiger charge is -2.05. The summed E-state index contributed by atoms with van der Waals surface area (Å²) in [4.78, 5) is 22.9. The Balaban J connectivity index is 1.74. The van der Waals surface area contributed by atoms with Gasteiger partial charge in [0.25, 0.3) is 5.91 Å². The van der Waals surface area contributed by atoms with E-state index in [2.05, 4.69) is 25.7 Å². The zero-order valence-electron chi connectivity index (χ0n) is 10.4. The molecule has 7 heteroatoms. The molecular formula is C12H16N6O. The standard InChI is InChI=1S/C12H16N6O/c13-18-11-4-3-9(8-17-11)12(19)16-5-1-2-10-14-6-7-15-10/h3-4,6-8H,1-2,5,13H2,(H,14,15)(H,16,19)(H,17,18). The first-order valence-corrected chi connectivity index (χ1v) is 5.98. The van der Waals surface area contributed by atoms with Crippen molar-refractivity contribution in [2.45, 2.75) is 12.8 Å². The first-order valence-electron chi connectivity index (χ1n) is 5.98. The minimum atomic E-state index is -0.143. The number of hydrazine groups is 1. The maximum absolute atomic E-state index is 11.8. The van der Waals surface area contributed by atoms with Crippen LogP contribution in [0, 0.1) is 0 Å². The summed E-state index contributed by atoms with van der Waals surface area (Å²) in [6, 6.07) is 3.32. The Morgan fingerprint density at radius 1 is 1.37 bits per heavy atom. The smallest absolute Gasteiger partial charge is 0.252 e. The van der Waals surface area contributed by atoms with Crippen LogP contribution in [0.5, 0.6) is 0 Å². The Labute approximate surface area is 110 Å². The largest absolute Gasteiger partial charge is 0.352 e. The van der Waals surface area contributed by atoms with E-state index in [1.807, 2.05) is 0 Å². The molecule has 0 aliphatic heterocycles. The monoisotopic (exact) mass is 260 g/mol. The van der Waals surface area contributed by atoms with Gasteiger partial charge in [0, 0.05) is 31.6 Å². The fraction of sp³-hybridized carbons (Fsp3) is 0.250. The van der Waals surface area contributed by atoms with Gasteiger partial charge in [0.1, 0.15) is 11.6 Å². The summed E-state index contributed by atoms with van der Waals surface area (Å²) in [6.07, 6.45) is 6.62. The fourth-order valence-electron chi connectivity index (χ4n) is 1.61. The first kappa shape index (κ1) is 13.0. The van der Waals surface area contributed by atoms with Crippen molar-refractivity contribution in [2.24, 2.45) is 5.84 Å². The van der Waals surface area contributed by atoms with E-state index in [9.17, 15) is 4.79 Å². The number of nitrogen functional groups attached to an aromatic ring is 1. The molecule has 0 spiro atoms. The van der Waals surface area contributed by atoms with E-state index in [0.29, 0.717) is 17.9 Å². The van der Waals surface area contributed by atoms with Crippen molar-refractivity contribution >= 4 is 11.7 Å². The molecule has 0 atom stereocenters. The summed E-state index contributed by atoms with van der Waals surface area (Å²) >= 11 is 0. The van der Waals surface area contributed by atoms with Crippen LogP contribution in [0.2, 0.25) is 0 Å². The molecule has 19 heavy (non-hydrogen) atoms. The van der Waals surface area contributed by atoms with Crippen molar-refractivity contribution in [3.05, 3.63) is 42.1 Å². The molecular weight excluding hydrogens is 244 g/mol. The van der Waals surface area contributed by atoms with Crippen molar-refractivity contribution in [1.29, 1.82) is 0 Å². The third-order valence-electron chi connectivity index (χ3n) is 2.60. The Bertz CT molecular complexity index is 508. The Hall–Kier alpha value is -2.41. The maximum atomic E-state index is 11.8. The number of imidazole rings is 1. The van der Waals surface area contributed by atoms with Crippen LogP contribution in [0.15, 0.2) is 30.7 Å². The summed E-state index contributed by atoms with van der Waals surface area (Å²) in [5.41, 5.74) is 2.92. The van der Waals surface area contributed by atoms with E-state index < -0.39 is 0 Å². The molecule has 2 heterocycles. The van der Waals surface area contributed by atoms with Gasteiger partial charge in [0.15, 0.2) is 0 Å². The molecule has 0 fully saturated rings. The van der Waals surface area contributed by atoms with E-state index in [4.69, 9.17) is 5.84 Å². The maximum Gasteiger partial charge on any atom is 0.252 e. The first-order chi connectivity index (χ1) is 9.29. The second-order valence-electron chi connectivity index (χ2n) is 3.97. The summed E-state index contributed by atoms with van der Waals surface area (Å²) in [7, 11) is 0. The average molecular weight is 260 g/mol. The predicted octanol–water partition coefficient (Wildman–Crippen LogP) is 0.453. The molecule has 0 saturated heterocycles. The highest BCUT2D eigenvalue weighted by Crippen LogP contribution is 2.03. The molecule has 0 aromatic carbocycles. The lowest BCUT2D eigenvalue weighted by Crippen LogP contribution is -2.25. The summed E-state index contributed by atoms with van der Waals surface area (Å²) in [6.45, 7) is 0.594. The number of H-pyrrole nitrogens is 1. The van der Waals surface area contributed by atoms with E-state index >= 15 is 0 Å². The molecule has 0 aliphatic rings. The number of nitrogens with one attached hydrogen (secondary N) is 3. The molecule has 100 valence electrons. The molecule has 2 aromatic rings. The van der Waals surface area contributed by atoms with E-state index in [1.165, 1.54) is 6.20 Å². The van der Waals surface area contributed by atoms with Crippen LogP contribution in [0.25, 0.3) is 0 Å². The van der Waals surface area contributed by atoms with E-state index in [1.54, 1.807) is 24.5 Å². The van der Waals surface area contributed by atoms with Crippen LogP contribution >= 0.6 is 0 Å². The molecule has 7 nitrogen and oxygen atoms in total. The van der Waals surface area contributed by atoms with Crippen LogP contribution in [-0.2, 0) is 6.42 Å². The predicted molar refractivity (Wildman–Crippen MR) is 71.3 cm³/mol. The highest BCUT2D eigenvalue weighted by Gasteiger charge is 2.05. The summed E-state index contributed by atoms with van der Waals surface area (Å²) < 4.78 is 0. The number of nitrogens with two attached hydrogens (primary N) is 1. The molecule has 0 aliphatic carbocycles. The van der Waals surface area contributed by atoms with Crippen LogP contribution < -0.4 is 16.6 Å². The second-order valence-corrected chi connectivity index (χ2v) is 3.97. The van der Waals surface area contributed by atoms with Crippen molar-refractivity contribution in [2.75, 3.05) is 12.0 Å². The Kier molecular flexibility index (Phi) is 4.46. The number of hydrogen-bond acceptors (Lipinski definition) is 5. The minimum Gasteiger partial charge on any atom is -0.352 e. The second kappa shape index (κ2) is 6.50. The Morgan fingerprint density at radius 3 is 2.89 bits per heavy atom. The fourth-order valence-corrected chi connectivity index (χ4v) is 1.61. The van der Waals surface area contributed by atoms with Crippen molar-refractivity contribution < 1.29 is 4.79 Å². The molecule has 0 unspecified atom stereocenters. The molecule has 1 amide bonds. The molecule has 2 aromatic heterocycles.